The maximum absolute atomic E-state index is 12.0. The van der Waals surface area contributed by atoms with Crippen molar-refractivity contribution in [1.82, 2.24) is 5.32 Å². The summed E-state index contributed by atoms with van der Waals surface area (Å²) in [6.07, 6.45) is 0.521. The van der Waals surface area contributed by atoms with E-state index in [1.807, 2.05) is 39.0 Å². The number of carbonyl (C=O) groups excluding carboxylic acids is 1. The zero-order chi connectivity index (χ0) is 15.1. The summed E-state index contributed by atoms with van der Waals surface area (Å²) in [6.45, 7) is 5.67. The molecule has 0 heterocycles. The highest BCUT2D eigenvalue weighted by atomic mass is 16.5. The van der Waals surface area contributed by atoms with Crippen molar-refractivity contribution in [3.8, 4) is 0 Å². The van der Waals surface area contributed by atoms with Crippen molar-refractivity contribution in [2.24, 2.45) is 5.73 Å². The van der Waals surface area contributed by atoms with Crippen LogP contribution in [0.3, 0.4) is 0 Å². The molecule has 20 heavy (non-hydrogen) atoms. The maximum Gasteiger partial charge on any atom is 0.323 e. The molecule has 0 unspecified atom stereocenters. The highest BCUT2D eigenvalue weighted by molar-refractivity contribution is 5.76. The zero-order valence-electron chi connectivity index (χ0n) is 12.8. The van der Waals surface area contributed by atoms with Gasteiger partial charge in [0.05, 0.1) is 6.10 Å². The van der Waals surface area contributed by atoms with E-state index in [0.717, 1.165) is 5.56 Å². The molecule has 0 radical (unpaired) electrons. The first-order valence-electron chi connectivity index (χ1n) is 7.14. The summed E-state index contributed by atoms with van der Waals surface area (Å²) in [5.74, 6) is -0.0996. The molecule has 0 aromatic heterocycles. The van der Waals surface area contributed by atoms with E-state index in [1.54, 1.807) is 7.05 Å². The van der Waals surface area contributed by atoms with E-state index in [9.17, 15) is 4.79 Å². The molecule has 1 rings (SSSR count). The van der Waals surface area contributed by atoms with Gasteiger partial charge < -0.3 is 15.8 Å². The van der Waals surface area contributed by atoms with Gasteiger partial charge in [-0.15, -0.1) is 0 Å². The largest absolute Gasteiger partial charge is 0.462 e. The number of likely N-dealkylation sites (N-methyl/N-ethyl adjacent to an activating group) is 1. The zero-order valence-corrected chi connectivity index (χ0v) is 12.8. The average Bonchev–Trinajstić information content (AvgIpc) is 2.39. The molecule has 0 aliphatic heterocycles. The van der Waals surface area contributed by atoms with Crippen molar-refractivity contribution in [1.29, 1.82) is 0 Å². The van der Waals surface area contributed by atoms with Crippen LogP contribution in [-0.2, 0) is 9.53 Å². The molecular formula is C16H26N2O2. The van der Waals surface area contributed by atoms with Gasteiger partial charge in [-0.2, -0.15) is 0 Å². The number of nitrogens with one attached hydrogen (secondary N) is 1. The summed E-state index contributed by atoms with van der Waals surface area (Å²) in [5.41, 5.74) is 7.25. The van der Waals surface area contributed by atoms with E-state index in [2.05, 4.69) is 17.4 Å². The van der Waals surface area contributed by atoms with Crippen LogP contribution in [-0.4, -0.2) is 31.2 Å². The van der Waals surface area contributed by atoms with E-state index in [4.69, 9.17) is 10.5 Å². The summed E-state index contributed by atoms with van der Waals surface area (Å²) >= 11 is 0. The van der Waals surface area contributed by atoms with Crippen LogP contribution in [0.1, 0.15) is 38.7 Å². The quantitative estimate of drug-likeness (QED) is 0.749. The fourth-order valence-corrected chi connectivity index (χ4v) is 2.25. The number of benzene rings is 1. The van der Waals surface area contributed by atoms with Crippen LogP contribution >= 0.6 is 0 Å². The molecule has 1 aromatic carbocycles. The van der Waals surface area contributed by atoms with Gasteiger partial charge in [-0.1, -0.05) is 30.3 Å². The minimum absolute atomic E-state index is 0.0277. The van der Waals surface area contributed by atoms with Crippen molar-refractivity contribution >= 4 is 5.97 Å². The first-order valence-corrected chi connectivity index (χ1v) is 7.14. The summed E-state index contributed by atoms with van der Waals surface area (Å²) in [6, 6.07) is 9.69. The molecular weight excluding hydrogens is 252 g/mol. The number of ether oxygens (including phenoxy) is 1. The highest BCUT2D eigenvalue weighted by Gasteiger charge is 2.26. The monoisotopic (exact) mass is 278 g/mol. The Morgan fingerprint density at radius 2 is 1.85 bits per heavy atom. The predicted octanol–water partition coefficient (Wildman–Crippen LogP) is 2.05. The lowest BCUT2D eigenvalue weighted by Crippen LogP contribution is -2.40. The van der Waals surface area contributed by atoms with E-state index in [1.165, 1.54) is 0 Å². The molecule has 0 spiro atoms. The first kappa shape index (κ1) is 16.7. The molecule has 1 aromatic rings. The van der Waals surface area contributed by atoms with Gasteiger partial charge in [0, 0.05) is 12.0 Å². The second-order valence-corrected chi connectivity index (χ2v) is 5.44. The van der Waals surface area contributed by atoms with E-state index in [0.29, 0.717) is 6.42 Å². The van der Waals surface area contributed by atoms with Crippen molar-refractivity contribution in [3.05, 3.63) is 35.9 Å². The molecule has 4 nitrogen and oxygen atoms in total. The number of esters is 1. The molecule has 0 aliphatic carbocycles. The summed E-state index contributed by atoms with van der Waals surface area (Å²) < 4.78 is 5.28. The first-order chi connectivity index (χ1) is 9.45. The number of hydrogen-bond donors (Lipinski definition) is 2. The number of nitrogens with two attached hydrogens (primary N) is 1. The maximum atomic E-state index is 12.0. The Bertz CT molecular complexity index is 404. The van der Waals surface area contributed by atoms with Gasteiger partial charge in [0.2, 0.25) is 0 Å². The van der Waals surface area contributed by atoms with E-state index < -0.39 is 0 Å². The lowest BCUT2D eigenvalue weighted by atomic mass is 9.87. The predicted molar refractivity (Wildman–Crippen MR) is 81.5 cm³/mol. The molecule has 0 saturated heterocycles. The molecule has 0 fully saturated rings. The molecule has 0 bridgehead atoms. The van der Waals surface area contributed by atoms with Gasteiger partial charge in [-0.25, -0.2) is 0 Å². The number of hydrogen-bond acceptors (Lipinski definition) is 4. The molecule has 4 heteroatoms. The van der Waals surface area contributed by atoms with Crippen LogP contribution < -0.4 is 11.1 Å². The van der Waals surface area contributed by atoms with Crippen LogP contribution in [0.15, 0.2) is 30.3 Å². The lowest BCUT2D eigenvalue weighted by Gasteiger charge is -2.26. The topological polar surface area (TPSA) is 64.3 Å². The Hall–Kier alpha value is -1.39. The normalized spacial score (nSPS) is 15.7. The average molecular weight is 278 g/mol. The van der Waals surface area contributed by atoms with Crippen molar-refractivity contribution < 1.29 is 9.53 Å². The highest BCUT2D eigenvalue weighted by Crippen LogP contribution is 2.24. The summed E-state index contributed by atoms with van der Waals surface area (Å²) in [7, 11) is 1.77. The Labute approximate surface area is 121 Å². The molecule has 0 saturated carbocycles. The third-order valence-corrected chi connectivity index (χ3v) is 3.34. The second kappa shape index (κ2) is 8.02. The van der Waals surface area contributed by atoms with Gasteiger partial charge in [0.25, 0.3) is 0 Å². The summed E-state index contributed by atoms with van der Waals surface area (Å²) in [5, 5.41) is 3.03. The molecule has 3 N–H and O–H groups in total. The minimum atomic E-state index is -0.339. The van der Waals surface area contributed by atoms with Crippen LogP contribution in [0, 0.1) is 0 Å². The molecule has 0 amide bonds. The fourth-order valence-electron chi connectivity index (χ4n) is 2.25. The van der Waals surface area contributed by atoms with Gasteiger partial charge >= 0.3 is 5.97 Å². The van der Waals surface area contributed by atoms with E-state index >= 15 is 0 Å². The van der Waals surface area contributed by atoms with Gasteiger partial charge in [0.15, 0.2) is 0 Å². The molecule has 0 aliphatic rings. The SMILES string of the molecule is CN[C@@H](C[C@@H](c1ccccc1)[C@@H](C)N)C(=O)OC(C)C. The van der Waals surface area contributed by atoms with Crippen LogP contribution in [0.4, 0.5) is 0 Å². The van der Waals surface area contributed by atoms with Gasteiger partial charge in [0.1, 0.15) is 6.04 Å². The summed E-state index contributed by atoms with van der Waals surface area (Å²) in [4.78, 5) is 12.0. The van der Waals surface area contributed by atoms with Crippen molar-refractivity contribution in [3.63, 3.8) is 0 Å². The van der Waals surface area contributed by atoms with Gasteiger partial charge in [-0.05, 0) is 39.8 Å². The van der Waals surface area contributed by atoms with Crippen molar-refractivity contribution in [2.45, 2.75) is 51.3 Å². The third-order valence-electron chi connectivity index (χ3n) is 3.34. The Morgan fingerprint density at radius 3 is 2.30 bits per heavy atom. The van der Waals surface area contributed by atoms with Crippen LogP contribution in [0.2, 0.25) is 0 Å². The fraction of sp³-hybridized carbons (Fsp3) is 0.562. The Kier molecular flexibility index (Phi) is 6.68. The van der Waals surface area contributed by atoms with Crippen LogP contribution in [0.25, 0.3) is 0 Å². The minimum Gasteiger partial charge on any atom is -0.462 e. The van der Waals surface area contributed by atoms with Crippen molar-refractivity contribution in [2.75, 3.05) is 7.05 Å². The number of rotatable bonds is 7. The van der Waals surface area contributed by atoms with E-state index in [-0.39, 0.29) is 30.1 Å². The smallest absolute Gasteiger partial charge is 0.323 e. The Morgan fingerprint density at radius 1 is 1.25 bits per heavy atom. The third kappa shape index (κ3) is 4.94. The lowest BCUT2D eigenvalue weighted by molar-refractivity contribution is -0.150. The Balaban J connectivity index is 2.81. The second-order valence-electron chi connectivity index (χ2n) is 5.44. The number of carbonyl (C=O) groups is 1. The standard InChI is InChI=1S/C16H26N2O2/c1-11(2)20-16(19)15(18-4)10-14(12(3)17)13-8-6-5-7-9-13/h5-9,11-12,14-15,18H,10,17H2,1-4H3/t12-,14-,15+/m1/s1. The van der Waals surface area contributed by atoms with Gasteiger partial charge in [-0.3, -0.25) is 4.79 Å². The molecule has 112 valence electrons. The van der Waals surface area contributed by atoms with Crippen LogP contribution in [0.5, 0.6) is 0 Å². The molecule has 3 atom stereocenters.